The minimum absolute atomic E-state index is 0.337. The van der Waals surface area contributed by atoms with Gasteiger partial charge in [0.25, 0.3) is 0 Å². The van der Waals surface area contributed by atoms with E-state index in [0.717, 1.165) is 5.56 Å². The van der Waals surface area contributed by atoms with E-state index in [1.54, 1.807) is 56.2 Å². The molecule has 0 radical (unpaired) electrons. The van der Waals surface area contributed by atoms with Gasteiger partial charge in [-0.3, -0.25) is 0 Å². The molecule has 1 aromatic heterocycles. The number of hydrogen-bond donors (Lipinski definition) is 0. The Morgan fingerprint density at radius 2 is 1.69 bits per heavy atom. The van der Waals surface area contributed by atoms with Crippen LogP contribution in [0.25, 0.3) is 0 Å². The van der Waals surface area contributed by atoms with Crippen LogP contribution in [0.5, 0.6) is 0 Å². The van der Waals surface area contributed by atoms with Gasteiger partial charge in [-0.1, -0.05) is 0 Å². The van der Waals surface area contributed by atoms with Crippen LogP contribution >= 0.6 is 0 Å². The van der Waals surface area contributed by atoms with Gasteiger partial charge in [0.2, 0.25) is 0 Å². The number of rotatable bonds is 2. The van der Waals surface area contributed by atoms with E-state index in [2.05, 4.69) is 0 Å². The Morgan fingerprint density at radius 3 is 2.31 bits per heavy atom. The molecule has 0 saturated heterocycles. The van der Waals surface area contributed by atoms with Crippen LogP contribution in [0.4, 0.5) is 0 Å². The molecule has 2 aromatic rings. The van der Waals surface area contributed by atoms with Gasteiger partial charge in [-0.2, -0.15) is 0 Å². The van der Waals surface area contributed by atoms with Crippen molar-refractivity contribution in [3.8, 4) is 0 Å². The molecule has 16 heavy (non-hydrogen) atoms. The molecule has 4 heteroatoms. The van der Waals surface area contributed by atoms with E-state index in [4.69, 9.17) is 0 Å². The Balaban J connectivity index is 2.62. The predicted molar refractivity (Wildman–Crippen MR) is 64.4 cm³/mol. The van der Waals surface area contributed by atoms with Crippen LogP contribution in [0.3, 0.4) is 0 Å². The first-order chi connectivity index (χ1) is 7.62. The zero-order chi connectivity index (χ0) is 11.6. The Hall–Kier alpha value is -1.42. The molecule has 0 aliphatic carbocycles. The number of sulfone groups is 1. The van der Waals surface area contributed by atoms with Gasteiger partial charge in [-0.15, -0.1) is 0 Å². The van der Waals surface area contributed by atoms with Crippen molar-refractivity contribution < 1.29 is 8.42 Å². The molecule has 0 aliphatic heterocycles. The van der Waals surface area contributed by atoms with Crippen LogP contribution in [0.2, 0.25) is 0 Å². The average molecular weight is 230 g/mol. The van der Waals surface area contributed by atoms with Gasteiger partial charge >= 0.3 is 95.8 Å². The Labute approximate surface area is 96.1 Å². The van der Waals surface area contributed by atoms with Crippen molar-refractivity contribution in [1.29, 1.82) is 0 Å². The summed E-state index contributed by atoms with van der Waals surface area (Å²) in [5, 5.41) is 0. The Bertz CT molecular complexity index is 591. The zero-order valence-corrected chi connectivity index (χ0v) is 9.74. The topological polar surface area (TPSA) is 34.1 Å². The summed E-state index contributed by atoms with van der Waals surface area (Å²) in [7, 11) is -3.37. The summed E-state index contributed by atoms with van der Waals surface area (Å²) >= 11 is 0. The van der Waals surface area contributed by atoms with Crippen LogP contribution < -0.4 is 0 Å². The van der Waals surface area contributed by atoms with Gasteiger partial charge in [0.05, 0.1) is 0 Å². The fraction of sp³-hybridized carbons (Fsp3) is 0.0833. The van der Waals surface area contributed by atoms with Crippen molar-refractivity contribution in [2.75, 3.05) is 0 Å². The molecule has 0 saturated carbocycles. The molecule has 0 atom stereocenters. The first-order valence-corrected chi connectivity index (χ1v) is 6.46. The van der Waals surface area contributed by atoms with E-state index in [1.807, 2.05) is 6.07 Å². The van der Waals surface area contributed by atoms with Crippen LogP contribution in [0.1, 0.15) is 5.56 Å². The molecule has 1 aromatic carbocycles. The predicted octanol–water partition coefficient (Wildman–Crippen LogP) is 2.17. The van der Waals surface area contributed by atoms with Crippen molar-refractivity contribution >= 4 is 16.7 Å². The number of benzene rings is 1. The summed E-state index contributed by atoms with van der Waals surface area (Å²) in [6.07, 6.45) is 0. The first-order valence-electron chi connectivity index (χ1n) is 4.98. The quantitative estimate of drug-likeness (QED) is 0.792. The van der Waals surface area contributed by atoms with Crippen LogP contribution in [-0.2, 0) is 9.84 Å². The molecule has 0 aliphatic rings. The molecule has 0 spiro atoms. The fourth-order valence-electron chi connectivity index (χ4n) is 1.58. The van der Waals surface area contributed by atoms with Crippen LogP contribution in [0.15, 0.2) is 58.1 Å². The first kappa shape index (κ1) is 11.1. The third-order valence-corrected chi connectivity index (χ3v) is 4.37. The fourth-order valence-corrected chi connectivity index (χ4v) is 3.10. The second-order valence-corrected chi connectivity index (χ2v) is 5.50. The number of hydrogen-bond acceptors (Lipinski definition) is 2. The summed E-state index contributed by atoms with van der Waals surface area (Å²) in [4.78, 5) is 0.713. The van der Waals surface area contributed by atoms with E-state index in [-0.39, 0.29) is 0 Å². The van der Waals surface area contributed by atoms with Crippen molar-refractivity contribution in [2.24, 2.45) is 0 Å². The molecule has 1 heterocycles. The summed E-state index contributed by atoms with van der Waals surface area (Å²) in [5.74, 6) is 1.74. The van der Waals surface area contributed by atoms with E-state index in [1.165, 1.54) is 0 Å². The van der Waals surface area contributed by atoms with Gasteiger partial charge in [0.1, 0.15) is 0 Å². The van der Waals surface area contributed by atoms with Crippen molar-refractivity contribution in [3.63, 3.8) is 0 Å². The van der Waals surface area contributed by atoms with Gasteiger partial charge in [0, 0.05) is 0 Å². The van der Waals surface area contributed by atoms with Crippen LogP contribution in [0, 0.1) is 6.92 Å². The van der Waals surface area contributed by atoms with Crippen molar-refractivity contribution in [2.45, 2.75) is 16.6 Å². The molecule has 0 unspecified atom stereocenters. The zero-order valence-electron chi connectivity index (χ0n) is 8.92. The van der Waals surface area contributed by atoms with E-state index < -0.39 is 9.84 Å². The van der Waals surface area contributed by atoms with E-state index in [0.29, 0.717) is 9.69 Å². The molecule has 2 rings (SSSR count). The maximum atomic E-state index is 12.3. The average Bonchev–Trinajstić information content (AvgIpc) is 2.30. The summed E-state index contributed by atoms with van der Waals surface area (Å²) in [5.41, 5.74) is 0.770. The molecular formula is C12H11BO2S. The van der Waals surface area contributed by atoms with E-state index in [9.17, 15) is 8.42 Å². The van der Waals surface area contributed by atoms with Gasteiger partial charge in [-0.05, 0) is 0 Å². The van der Waals surface area contributed by atoms with E-state index >= 15 is 0 Å². The minimum atomic E-state index is -3.37. The molecule has 0 bridgehead atoms. The summed E-state index contributed by atoms with van der Waals surface area (Å²) < 4.78 is 24.5. The van der Waals surface area contributed by atoms with Gasteiger partial charge in [0.15, 0.2) is 0 Å². The van der Waals surface area contributed by atoms with Gasteiger partial charge < -0.3 is 0 Å². The molecular weight excluding hydrogens is 219 g/mol. The van der Waals surface area contributed by atoms with Crippen molar-refractivity contribution in [1.82, 2.24) is 0 Å². The normalized spacial score (nSPS) is 11.1. The third kappa shape index (κ3) is 1.93. The SMILES string of the molecule is Cc1cccbc1S(=O)(=O)c1ccccc1. The molecule has 0 N–H and O–H groups in total. The second kappa shape index (κ2) is 4.22. The number of aryl methyl sites for hydroxylation is 1. The molecule has 0 amide bonds. The Kier molecular flexibility index (Phi) is 2.92. The third-order valence-electron chi connectivity index (χ3n) is 2.44. The standard InChI is InChI=1S/C12H11BO2S/c1-10-6-5-9-13-12(10)16(14,15)11-7-3-2-4-8-11/h2-9H,1H3. The molecule has 80 valence electrons. The Morgan fingerprint density at radius 1 is 1.00 bits per heavy atom. The summed E-state index contributed by atoms with van der Waals surface area (Å²) in [6, 6.07) is 12.1. The monoisotopic (exact) mass is 230 g/mol. The molecule has 0 fully saturated rings. The second-order valence-electron chi connectivity index (χ2n) is 3.58. The van der Waals surface area contributed by atoms with Gasteiger partial charge in [-0.25, -0.2) is 0 Å². The summed E-state index contributed by atoms with van der Waals surface area (Å²) in [6.45, 7) is 3.44. The van der Waals surface area contributed by atoms with Crippen molar-refractivity contribution in [3.05, 3.63) is 54.0 Å². The van der Waals surface area contributed by atoms with Crippen LogP contribution in [-0.4, -0.2) is 15.3 Å². The molecule has 2 nitrogen and oxygen atoms in total. The maximum absolute atomic E-state index is 12.3.